The number of amides is 1. The molecule has 0 unspecified atom stereocenters. The highest BCUT2D eigenvalue weighted by Crippen LogP contribution is 2.29. The van der Waals surface area contributed by atoms with E-state index in [1.54, 1.807) is 24.5 Å². The highest BCUT2D eigenvalue weighted by Gasteiger charge is 2.18. The summed E-state index contributed by atoms with van der Waals surface area (Å²) in [4.78, 5) is 22.9. The van der Waals surface area contributed by atoms with Crippen molar-refractivity contribution in [2.45, 2.75) is 11.7 Å². The molecule has 0 aliphatic heterocycles. The summed E-state index contributed by atoms with van der Waals surface area (Å²) in [5.74, 6) is 1.09. The maximum Gasteiger partial charge on any atom is 0.270 e. The maximum atomic E-state index is 12.5. The van der Waals surface area contributed by atoms with Gasteiger partial charge in [0.2, 0.25) is 5.91 Å². The van der Waals surface area contributed by atoms with Crippen LogP contribution in [0.5, 0.6) is 0 Å². The molecule has 0 aliphatic carbocycles. The van der Waals surface area contributed by atoms with Crippen LogP contribution in [0, 0.1) is 10.1 Å². The Balaban J connectivity index is 1.51. The van der Waals surface area contributed by atoms with Gasteiger partial charge in [0.05, 0.1) is 29.2 Å². The molecule has 4 aromatic rings. The molecular weight excluding hydrogens is 534 g/mol. The number of anilines is 1. The van der Waals surface area contributed by atoms with E-state index >= 15 is 0 Å². The molecular formula is C21H15BrClN5O4S. The van der Waals surface area contributed by atoms with Crippen molar-refractivity contribution < 1.29 is 14.1 Å². The first kappa shape index (κ1) is 23.0. The molecule has 1 N–H and O–H groups in total. The fraction of sp³-hybridized carbons (Fsp3) is 0.0952. The second-order valence-corrected chi connectivity index (χ2v) is 8.97. The smallest absolute Gasteiger partial charge is 0.270 e. The van der Waals surface area contributed by atoms with Crippen LogP contribution in [0.4, 0.5) is 11.4 Å². The predicted octanol–water partition coefficient (Wildman–Crippen LogP) is 5.64. The molecule has 0 radical (unpaired) electrons. The first-order chi connectivity index (χ1) is 15.9. The van der Waals surface area contributed by atoms with Gasteiger partial charge in [0.1, 0.15) is 5.76 Å². The number of non-ortho nitro benzene ring substituents is 1. The third-order valence-electron chi connectivity index (χ3n) is 4.48. The van der Waals surface area contributed by atoms with E-state index in [9.17, 15) is 14.9 Å². The van der Waals surface area contributed by atoms with Crippen LogP contribution in [0.15, 0.2) is 74.9 Å². The van der Waals surface area contributed by atoms with Crippen LogP contribution in [-0.4, -0.2) is 31.3 Å². The van der Waals surface area contributed by atoms with Crippen molar-refractivity contribution in [1.29, 1.82) is 0 Å². The lowest BCUT2D eigenvalue weighted by atomic mass is 10.2. The molecule has 0 bridgehead atoms. The first-order valence-corrected chi connectivity index (χ1v) is 11.6. The number of halogens is 2. The van der Waals surface area contributed by atoms with E-state index in [1.165, 1.54) is 30.0 Å². The van der Waals surface area contributed by atoms with Crippen molar-refractivity contribution in [1.82, 2.24) is 14.8 Å². The van der Waals surface area contributed by atoms with E-state index in [-0.39, 0.29) is 17.3 Å². The molecule has 2 aromatic heterocycles. The Morgan fingerprint density at radius 3 is 2.67 bits per heavy atom. The number of thioether (sulfide) groups is 1. The third-order valence-corrected chi connectivity index (χ3v) is 6.36. The maximum absolute atomic E-state index is 12.5. The van der Waals surface area contributed by atoms with Crippen LogP contribution >= 0.6 is 39.3 Å². The van der Waals surface area contributed by atoms with E-state index in [0.29, 0.717) is 38.5 Å². The van der Waals surface area contributed by atoms with Gasteiger partial charge in [0, 0.05) is 27.2 Å². The van der Waals surface area contributed by atoms with Gasteiger partial charge in [-0.25, -0.2) is 0 Å². The van der Waals surface area contributed by atoms with Gasteiger partial charge in [0.25, 0.3) is 5.69 Å². The number of carbonyl (C=O) groups excluding carboxylic acids is 1. The second kappa shape index (κ2) is 10.2. The van der Waals surface area contributed by atoms with Gasteiger partial charge in [-0.15, -0.1) is 10.2 Å². The molecule has 9 nitrogen and oxygen atoms in total. The number of furan rings is 1. The van der Waals surface area contributed by atoms with Gasteiger partial charge in [0.15, 0.2) is 11.0 Å². The van der Waals surface area contributed by atoms with E-state index in [2.05, 4.69) is 31.4 Å². The van der Waals surface area contributed by atoms with Crippen molar-refractivity contribution in [3.8, 4) is 11.4 Å². The molecule has 4 rings (SSSR count). The van der Waals surface area contributed by atoms with E-state index in [0.717, 1.165) is 5.56 Å². The van der Waals surface area contributed by atoms with Crippen LogP contribution in [0.25, 0.3) is 11.4 Å². The highest BCUT2D eigenvalue weighted by atomic mass is 79.9. The first-order valence-electron chi connectivity index (χ1n) is 9.49. The minimum atomic E-state index is -0.504. The lowest BCUT2D eigenvalue weighted by Crippen LogP contribution is -2.15. The summed E-state index contributed by atoms with van der Waals surface area (Å²) in [6.07, 6.45) is 1.59. The van der Waals surface area contributed by atoms with E-state index < -0.39 is 4.92 Å². The zero-order valence-electron chi connectivity index (χ0n) is 16.8. The average molecular weight is 549 g/mol. The normalized spacial score (nSPS) is 10.8. The lowest BCUT2D eigenvalue weighted by Gasteiger charge is -2.10. The zero-order valence-corrected chi connectivity index (χ0v) is 19.9. The molecule has 2 aromatic carbocycles. The molecule has 2 heterocycles. The summed E-state index contributed by atoms with van der Waals surface area (Å²) in [6.45, 7) is 0.385. The summed E-state index contributed by atoms with van der Waals surface area (Å²) < 4.78 is 7.76. The minimum Gasteiger partial charge on any atom is -0.467 e. The molecule has 168 valence electrons. The van der Waals surface area contributed by atoms with Crippen LogP contribution in [-0.2, 0) is 11.3 Å². The number of benzene rings is 2. The lowest BCUT2D eigenvalue weighted by molar-refractivity contribution is -0.384. The Labute approximate surface area is 205 Å². The van der Waals surface area contributed by atoms with Crippen molar-refractivity contribution in [3.63, 3.8) is 0 Å². The summed E-state index contributed by atoms with van der Waals surface area (Å²) in [7, 11) is 0. The van der Waals surface area contributed by atoms with Gasteiger partial charge in [-0.05, 0) is 58.4 Å². The number of nitrogens with zero attached hydrogens (tertiary/aromatic N) is 4. The number of nitro benzene ring substituents is 1. The number of nitro groups is 1. The summed E-state index contributed by atoms with van der Waals surface area (Å²) in [5, 5.41) is 23.3. The zero-order chi connectivity index (χ0) is 23.4. The Kier molecular flexibility index (Phi) is 7.11. The number of hydrogen-bond acceptors (Lipinski definition) is 7. The van der Waals surface area contributed by atoms with Crippen molar-refractivity contribution in [2.75, 3.05) is 11.1 Å². The fourth-order valence-electron chi connectivity index (χ4n) is 2.94. The monoisotopic (exact) mass is 547 g/mol. The van der Waals surface area contributed by atoms with Crippen LogP contribution < -0.4 is 5.32 Å². The highest BCUT2D eigenvalue weighted by molar-refractivity contribution is 9.10. The largest absolute Gasteiger partial charge is 0.467 e. The number of rotatable bonds is 8. The van der Waals surface area contributed by atoms with Crippen LogP contribution in [0.2, 0.25) is 5.02 Å². The molecule has 0 fully saturated rings. The van der Waals surface area contributed by atoms with Crippen LogP contribution in [0.3, 0.4) is 0 Å². The number of hydrogen-bond donors (Lipinski definition) is 1. The Morgan fingerprint density at radius 2 is 2.00 bits per heavy atom. The summed E-state index contributed by atoms with van der Waals surface area (Å²) in [5.41, 5.74) is 1.18. The molecule has 1 amide bonds. The molecule has 0 saturated carbocycles. The minimum absolute atomic E-state index is 0.0559. The molecule has 0 saturated heterocycles. The fourth-order valence-corrected chi connectivity index (χ4v) is 4.27. The SMILES string of the molecule is O=C(CSc1nnc(-c2ccc(Cl)cc2)n1Cc1ccco1)Nc1ccc([N+](=O)[O-])cc1Br. The predicted molar refractivity (Wildman–Crippen MR) is 128 cm³/mol. The molecule has 0 aliphatic rings. The van der Waals surface area contributed by atoms with Crippen LogP contribution in [0.1, 0.15) is 5.76 Å². The number of aromatic nitrogens is 3. The van der Waals surface area contributed by atoms with Crippen molar-refractivity contribution >= 4 is 56.6 Å². The van der Waals surface area contributed by atoms with Crippen molar-refractivity contribution in [2.24, 2.45) is 0 Å². The quantitative estimate of drug-likeness (QED) is 0.172. The topological polar surface area (TPSA) is 116 Å². The Morgan fingerprint density at radius 1 is 1.21 bits per heavy atom. The average Bonchev–Trinajstić information content (AvgIpc) is 3.45. The van der Waals surface area contributed by atoms with Crippen molar-refractivity contribution in [3.05, 3.63) is 86.2 Å². The molecule has 0 atom stereocenters. The van der Waals surface area contributed by atoms with E-state index in [4.69, 9.17) is 16.0 Å². The van der Waals surface area contributed by atoms with Gasteiger partial charge in [-0.1, -0.05) is 23.4 Å². The summed E-state index contributed by atoms with van der Waals surface area (Å²) >= 11 is 10.5. The summed E-state index contributed by atoms with van der Waals surface area (Å²) in [6, 6.07) is 15.0. The van der Waals surface area contributed by atoms with Gasteiger partial charge >= 0.3 is 0 Å². The second-order valence-electron chi connectivity index (χ2n) is 6.74. The Hall–Kier alpha value is -3.15. The van der Waals surface area contributed by atoms with Gasteiger partial charge < -0.3 is 9.73 Å². The molecule has 0 spiro atoms. The standard InChI is InChI=1S/C21H15BrClN5O4S/c22-17-10-15(28(30)31)7-8-18(17)24-19(29)12-33-21-26-25-20(13-3-5-14(23)6-4-13)27(21)11-16-2-1-9-32-16/h1-10H,11-12H2,(H,24,29). The number of nitrogens with one attached hydrogen (secondary N) is 1. The Bertz CT molecular complexity index is 1290. The van der Waals surface area contributed by atoms with E-state index in [1.807, 2.05) is 22.8 Å². The third kappa shape index (κ3) is 5.62. The molecule has 33 heavy (non-hydrogen) atoms. The van der Waals surface area contributed by atoms with Gasteiger partial charge in [-0.2, -0.15) is 0 Å². The molecule has 12 heteroatoms. The van der Waals surface area contributed by atoms with Gasteiger partial charge in [-0.3, -0.25) is 19.5 Å². The number of carbonyl (C=O) groups is 1.